The molecule has 0 saturated heterocycles. The molecule has 0 aliphatic heterocycles. The van der Waals surface area contributed by atoms with Gasteiger partial charge in [-0.05, 0) is 29.4 Å². The molecule has 0 heterocycles. The van der Waals surface area contributed by atoms with Crippen LogP contribution in [0, 0.1) is 0 Å². The summed E-state index contributed by atoms with van der Waals surface area (Å²) in [6.45, 7) is 12.6. The number of rotatable bonds is 40. The fraction of sp³-hybridized carbons (Fsp3) is 0.824. The van der Waals surface area contributed by atoms with Crippen molar-refractivity contribution in [3.05, 3.63) is 30.3 Å². The standard InChI is InChI=1S/C34H61IO12/c35-10-6-1-2-7-11-36-12-13-37-14-15-38-16-17-39-18-19-40-20-21-41-22-23-42-24-25-43-26-27-44-28-29-45-30-31-46-32-33-47-34-8-4-3-5-9-34/h3-5,8-9H,1-2,6-7,10-33H2. The van der Waals surface area contributed by atoms with Crippen molar-refractivity contribution in [1.29, 1.82) is 0 Å². The number of ether oxygens (including phenoxy) is 12. The maximum Gasteiger partial charge on any atom is 0.119 e. The highest BCUT2D eigenvalue weighted by Crippen LogP contribution is 2.07. The Morgan fingerprint density at radius 1 is 0.298 bits per heavy atom. The number of hydrogen-bond donors (Lipinski definition) is 0. The normalized spacial score (nSPS) is 11.4. The zero-order valence-corrected chi connectivity index (χ0v) is 30.6. The molecular formula is C34H61IO12. The van der Waals surface area contributed by atoms with Gasteiger partial charge < -0.3 is 56.8 Å². The molecule has 276 valence electrons. The van der Waals surface area contributed by atoms with Crippen LogP contribution in [0.4, 0.5) is 0 Å². The van der Waals surface area contributed by atoms with Crippen LogP contribution in [0.25, 0.3) is 0 Å². The number of unbranched alkanes of at least 4 members (excludes halogenated alkanes) is 3. The second kappa shape index (κ2) is 39.7. The van der Waals surface area contributed by atoms with Gasteiger partial charge in [0.05, 0.1) is 139 Å². The van der Waals surface area contributed by atoms with Gasteiger partial charge in [0.25, 0.3) is 0 Å². The van der Waals surface area contributed by atoms with Crippen molar-refractivity contribution in [2.75, 3.05) is 156 Å². The van der Waals surface area contributed by atoms with Crippen LogP contribution in [-0.4, -0.2) is 156 Å². The molecule has 0 N–H and O–H groups in total. The van der Waals surface area contributed by atoms with Gasteiger partial charge in [0.1, 0.15) is 12.4 Å². The van der Waals surface area contributed by atoms with E-state index in [-0.39, 0.29) is 0 Å². The summed E-state index contributed by atoms with van der Waals surface area (Å²) >= 11 is 2.42. The molecule has 0 aliphatic rings. The van der Waals surface area contributed by atoms with Crippen molar-refractivity contribution in [2.24, 2.45) is 0 Å². The van der Waals surface area contributed by atoms with E-state index in [0.717, 1.165) is 18.8 Å². The third-order valence-corrected chi connectivity index (χ3v) is 6.89. The number of para-hydroxylation sites is 1. The molecule has 0 amide bonds. The molecule has 1 aromatic rings. The highest BCUT2D eigenvalue weighted by molar-refractivity contribution is 14.1. The number of hydrogen-bond acceptors (Lipinski definition) is 12. The van der Waals surface area contributed by atoms with Gasteiger partial charge in [0.2, 0.25) is 0 Å². The van der Waals surface area contributed by atoms with Crippen molar-refractivity contribution < 1.29 is 56.8 Å². The van der Waals surface area contributed by atoms with Crippen LogP contribution in [0.3, 0.4) is 0 Å². The first-order valence-electron chi connectivity index (χ1n) is 17.0. The smallest absolute Gasteiger partial charge is 0.119 e. The monoisotopic (exact) mass is 788 g/mol. The Labute approximate surface area is 296 Å². The lowest BCUT2D eigenvalue weighted by Crippen LogP contribution is -2.15. The Kier molecular flexibility index (Phi) is 37.5. The van der Waals surface area contributed by atoms with Gasteiger partial charge in [0, 0.05) is 6.61 Å². The maximum absolute atomic E-state index is 5.56. The Bertz CT molecular complexity index is 707. The third kappa shape index (κ3) is 36.4. The SMILES string of the molecule is ICCCCCCOCCOCCOCCOCCOCCOCCOCCOCCOCCOCCOCCOc1ccccc1. The number of halogens is 1. The van der Waals surface area contributed by atoms with Crippen LogP contribution in [0.1, 0.15) is 25.7 Å². The molecule has 0 atom stereocenters. The van der Waals surface area contributed by atoms with E-state index in [4.69, 9.17) is 56.8 Å². The fourth-order valence-corrected chi connectivity index (χ4v) is 4.23. The highest BCUT2D eigenvalue weighted by atomic mass is 127. The van der Waals surface area contributed by atoms with Gasteiger partial charge in [-0.2, -0.15) is 0 Å². The van der Waals surface area contributed by atoms with Gasteiger partial charge >= 0.3 is 0 Å². The van der Waals surface area contributed by atoms with Crippen molar-refractivity contribution in [3.8, 4) is 5.75 Å². The molecule has 0 aliphatic carbocycles. The summed E-state index contributed by atoms with van der Waals surface area (Å²) in [7, 11) is 0. The number of alkyl halides is 1. The van der Waals surface area contributed by atoms with Gasteiger partial charge in [-0.3, -0.25) is 0 Å². The molecule has 0 spiro atoms. The molecular weight excluding hydrogens is 727 g/mol. The first-order chi connectivity index (χ1) is 23.4. The van der Waals surface area contributed by atoms with Crippen LogP contribution in [0.5, 0.6) is 5.75 Å². The van der Waals surface area contributed by atoms with E-state index in [0.29, 0.717) is 145 Å². The lowest BCUT2D eigenvalue weighted by Gasteiger charge is -2.09. The largest absolute Gasteiger partial charge is 0.491 e. The minimum atomic E-state index is 0.515. The van der Waals surface area contributed by atoms with Crippen molar-refractivity contribution in [2.45, 2.75) is 25.7 Å². The zero-order valence-electron chi connectivity index (χ0n) is 28.5. The Morgan fingerprint density at radius 3 is 0.894 bits per heavy atom. The molecule has 0 bridgehead atoms. The summed E-state index contributed by atoms with van der Waals surface area (Å²) in [6, 6.07) is 9.68. The fourth-order valence-electron chi connectivity index (χ4n) is 3.69. The number of benzene rings is 1. The van der Waals surface area contributed by atoms with E-state index >= 15 is 0 Å². The summed E-state index contributed by atoms with van der Waals surface area (Å²) in [5.41, 5.74) is 0. The molecule has 47 heavy (non-hydrogen) atoms. The molecule has 1 rings (SSSR count). The highest BCUT2D eigenvalue weighted by Gasteiger charge is 1.97. The van der Waals surface area contributed by atoms with Gasteiger partial charge in [-0.15, -0.1) is 0 Å². The second-order valence-corrected chi connectivity index (χ2v) is 11.1. The average molecular weight is 789 g/mol. The topological polar surface area (TPSA) is 111 Å². The van der Waals surface area contributed by atoms with Crippen molar-refractivity contribution in [1.82, 2.24) is 0 Å². The quantitative estimate of drug-likeness (QED) is 0.0539. The van der Waals surface area contributed by atoms with E-state index in [1.807, 2.05) is 30.3 Å². The van der Waals surface area contributed by atoms with E-state index < -0.39 is 0 Å². The van der Waals surface area contributed by atoms with Crippen LogP contribution in [0.15, 0.2) is 30.3 Å². The van der Waals surface area contributed by atoms with Gasteiger partial charge in [-0.1, -0.05) is 53.6 Å². The lowest BCUT2D eigenvalue weighted by atomic mass is 10.2. The van der Waals surface area contributed by atoms with Crippen molar-refractivity contribution in [3.63, 3.8) is 0 Å². The van der Waals surface area contributed by atoms with E-state index in [2.05, 4.69) is 22.6 Å². The molecule has 13 heteroatoms. The van der Waals surface area contributed by atoms with Crippen molar-refractivity contribution >= 4 is 22.6 Å². The van der Waals surface area contributed by atoms with Crippen LogP contribution in [0.2, 0.25) is 0 Å². The maximum atomic E-state index is 5.56. The summed E-state index contributed by atoms with van der Waals surface area (Å²) in [5.74, 6) is 0.846. The van der Waals surface area contributed by atoms with E-state index in [1.54, 1.807) is 0 Å². The summed E-state index contributed by atoms with van der Waals surface area (Å²) in [5, 5.41) is 0. The molecule has 0 fully saturated rings. The predicted molar refractivity (Wildman–Crippen MR) is 188 cm³/mol. The molecule has 0 radical (unpaired) electrons. The first-order valence-corrected chi connectivity index (χ1v) is 18.5. The van der Waals surface area contributed by atoms with E-state index in [9.17, 15) is 0 Å². The average Bonchev–Trinajstić information content (AvgIpc) is 3.09. The van der Waals surface area contributed by atoms with Crippen LogP contribution >= 0.6 is 22.6 Å². The zero-order chi connectivity index (χ0) is 33.4. The van der Waals surface area contributed by atoms with Gasteiger partial charge in [-0.25, -0.2) is 0 Å². The Hall–Kier alpha value is -0.690. The van der Waals surface area contributed by atoms with Gasteiger partial charge in [0.15, 0.2) is 0 Å². The Balaban J connectivity index is 1.60. The molecule has 12 nitrogen and oxygen atoms in total. The molecule has 0 unspecified atom stereocenters. The van der Waals surface area contributed by atoms with E-state index in [1.165, 1.54) is 23.7 Å². The minimum Gasteiger partial charge on any atom is -0.491 e. The van der Waals surface area contributed by atoms with Crippen LogP contribution < -0.4 is 4.74 Å². The molecule has 1 aromatic carbocycles. The second-order valence-electron chi connectivity index (χ2n) is 10.0. The summed E-state index contributed by atoms with van der Waals surface area (Å²) in [4.78, 5) is 0. The summed E-state index contributed by atoms with van der Waals surface area (Å²) in [6.07, 6.45) is 4.98. The Morgan fingerprint density at radius 2 is 0.574 bits per heavy atom. The van der Waals surface area contributed by atoms with Crippen LogP contribution in [-0.2, 0) is 52.1 Å². The predicted octanol–water partition coefficient (Wildman–Crippen LogP) is 4.24. The third-order valence-electron chi connectivity index (χ3n) is 6.13. The minimum absolute atomic E-state index is 0.515. The first kappa shape index (κ1) is 44.3. The summed E-state index contributed by atoms with van der Waals surface area (Å²) < 4.78 is 67.3. The lowest BCUT2D eigenvalue weighted by molar-refractivity contribution is -0.0277. The molecule has 0 saturated carbocycles. The molecule has 0 aromatic heterocycles.